The molecule has 0 unspecified atom stereocenters. The Morgan fingerprint density at radius 2 is 2.18 bits per heavy atom. The third-order valence-electron chi connectivity index (χ3n) is 2.65. The van der Waals surface area contributed by atoms with Crippen LogP contribution >= 0.6 is 11.3 Å². The normalized spacial score (nSPS) is 12.2. The van der Waals surface area contributed by atoms with Crippen molar-refractivity contribution in [2.45, 2.75) is 19.8 Å². The molecule has 0 spiro atoms. The van der Waals surface area contributed by atoms with Crippen LogP contribution in [0.15, 0.2) is 35.9 Å². The van der Waals surface area contributed by atoms with Gasteiger partial charge in [0.15, 0.2) is 0 Å². The van der Waals surface area contributed by atoms with E-state index >= 15 is 0 Å². The fourth-order valence-electron chi connectivity index (χ4n) is 1.76. The van der Waals surface area contributed by atoms with Gasteiger partial charge in [-0.25, -0.2) is 0 Å². The van der Waals surface area contributed by atoms with E-state index in [1.807, 2.05) is 12.1 Å². The maximum atomic E-state index is 9.08. The second-order valence-electron chi connectivity index (χ2n) is 3.90. The lowest BCUT2D eigenvalue weighted by molar-refractivity contribution is 0.929. The lowest BCUT2D eigenvalue weighted by Gasteiger charge is -2.01. The number of nitriles is 1. The molecule has 0 fully saturated rings. The number of fused-ring (bicyclic) bond motifs is 1. The molecule has 0 atom stereocenters. The van der Waals surface area contributed by atoms with Crippen molar-refractivity contribution in [2.75, 3.05) is 0 Å². The van der Waals surface area contributed by atoms with Crippen molar-refractivity contribution >= 4 is 27.1 Å². The van der Waals surface area contributed by atoms with Crippen molar-refractivity contribution in [1.82, 2.24) is 0 Å². The molecule has 2 rings (SSSR count). The zero-order valence-electron chi connectivity index (χ0n) is 9.73. The van der Waals surface area contributed by atoms with Gasteiger partial charge in [-0.3, -0.25) is 0 Å². The van der Waals surface area contributed by atoms with Gasteiger partial charge in [0.2, 0.25) is 0 Å². The summed E-state index contributed by atoms with van der Waals surface area (Å²) in [7, 11) is 0. The predicted molar refractivity (Wildman–Crippen MR) is 73.5 cm³/mol. The summed E-state index contributed by atoms with van der Waals surface area (Å²) in [4.78, 5) is 0.996. The summed E-state index contributed by atoms with van der Waals surface area (Å²) in [6.45, 7) is 2.05. The lowest BCUT2D eigenvalue weighted by Crippen LogP contribution is -1.98. The van der Waals surface area contributed by atoms with Crippen molar-refractivity contribution in [3.05, 3.63) is 40.8 Å². The monoisotopic (exact) mass is 242 g/mol. The number of thiophene rings is 1. The first kappa shape index (κ1) is 11.7. The Morgan fingerprint density at radius 3 is 2.82 bits per heavy atom. The van der Waals surface area contributed by atoms with E-state index in [-0.39, 0.29) is 0 Å². The first-order valence-corrected chi connectivity index (χ1v) is 6.45. The van der Waals surface area contributed by atoms with E-state index in [2.05, 4.69) is 31.2 Å². The number of nitrogens with zero attached hydrogens (tertiary/aromatic N) is 1. The van der Waals surface area contributed by atoms with Gasteiger partial charge in [-0.2, -0.15) is 5.26 Å². The summed E-state index contributed by atoms with van der Waals surface area (Å²) >= 11 is 1.64. The number of allylic oxidation sites excluding steroid dienone is 1. The summed E-state index contributed by atoms with van der Waals surface area (Å²) in [5, 5.41) is 10.3. The van der Waals surface area contributed by atoms with Crippen molar-refractivity contribution < 1.29 is 0 Å². The van der Waals surface area contributed by atoms with E-state index in [1.54, 1.807) is 11.3 Å². The minimum atomic E-state index is 0.635. The van der Waals surface area contributed by atoms with Crippen molar-refractivity contribution in [3.63, 3.8) is 0 Å². The molecule has 0 radical (unpaired) electrons. The van der Waals surface area contributed by atoms with Gasteiger partial charge in [0.05, 0.1) is 22.2 Å². The highest BCUT2D eigenvalue weighted by molar-refractivity contribution is 7.20. The van der Waals surface area contributed by atoms with E-state index in [9.17, 15) is 0 Å². The standard InChI is InChI=1S/C14H14N2S/c1-2-5-11(9-15)14(16)13-8-10-6-3-4-7-12(10)17-13/h3-4,6-8H,2,5,16H2,1H3/b14-11-. The molecule has 2 nitrogen and oxygen atoms in total. The molecule has 0 saturated carbocycles. The van der Waals surface area contributed by atoms with Gasteiger partial charge in [-0.05, 0) is 23.9 Å². The van der Waals surface area contributed by atoms with Crippen LogP contribution in [0.4, 0.5) is 0 Å². The zero-order chi connectivity index (χ0) is 12.3. The molecule has 17 heavy (non-hydrogen) atoms. The molecular formula is C14H14N2S. The van der Waals surface area contributed by atoms with E-state index < -0.39 is 0 Å². The number of rotatable bonds is 3. The average molecular weight is 242 g/mol. The fourth-order valence-corrected chi connectivity index (χ4v) is 2.81. The molecule has 0 bridgehead atoms. The molecule has 1 aromatic heterocycles. The first-order chi connectivity index (χ1) is 8.26. The first-order valence-electron chi connectivity index (χ1n) is 5.64. The molecule has 3 heteroatoms. The Balaban J connectivity index is 2.49. The third kappa shape index (κ3) is 2.32. The largest absolute Gasteiger partial charge is 0.397 e. The van der Waals surface area contributed by atoms with Gasteiger partial charge in [-0.15, -0.1) is 11.3 Å². The summed E-state index contributed by atoms with van der Waals surface area (Å²) in [6.07, 6.45) is 1.69. The van der Waals surface area contributed by atoms with Crippen LogP contribution in [-0.2, 0) is 0 Å². The quantitative estimate of drug-likeness (QED) is 0.830. The minimum absolute atomic E-state index is 0.635. The van der Waals surface area contributed by atoms with Crippen LogP contribution < -0.4 is 5.73 Å². The van der Waals surface area contributed by atoms with Gasteiger partial charge in [0.1, 0.15) is 0 Å². The van der Waals surface area contributed by atoms with E-state index in [4.69, 9.17) is 11.0 Å². The molecule has 0 aliphatic heterocycles. The Morgan fingerprint density at radius 1 is 1.41 bits per heavy atom. The Kier molecular flexibility index (Phi) is 3.46. The fraction of sp³-hybridized carbons (Fsp3) is 0.214. The smallest absolute Gasteiger partial charge is 0.0969 e. The van der Waals surface area contributed by atoms with Crippen LogP contribution in [0.1, 0.15) is 24.6 Å². The Hall–Kier alpha value is -1.79. The summed E-state index contributed by atoms with van der Waals surface area (Å²) in [5.74, 6) is 0. The molecule has 2 N–H and O–H groups in total. The van der Waals surface area contributed by atoms with Crippen molar-refractivity contribution in [1.29, 1.82) is 5.26 Å². The van der Waals surface area contributed by atoms with E-state index in [1.165, 1.54) is 10.1 Å². The predicted octanol–water partition coefficient (Wildman–Crippen LogP) is 3.89. The summed E-state index contributed by atoms with van der Waals surface area (Å²) in [6, 6.07) is 12.4. The highest BCUT2D eigenvalue weighted by atomic mass is 32.1. The Labute approximate surface area is 105 Å². The van der Waals surface area contributed by atoms with Crippen LogP contribution in [-0.4, -0.2) is 0 Å². The SMILES string of the molecule is CCC/C(C#N)=C(/N)c1cc2ccccc2s1. The molecule has 1 aromatic carbocycles. The summed E-state index contributed by atoms with van der Waals surface area (Å²) < 4.78 is 1.21. The van der Waals surface area contributed by atoms with Gasteiger partial charge in [-0.1, -0.05) is 31.5 Å². The van der Waals surface area contributed by atoms with Crippen molar-refractivity contribution in [3.8, 4) is 6.07 Å². The lowest BCUT2D eigenvalue weighted by atomic mass is 10.1. The van der Waals surface area contributed by atoms with Gasteiger partial charge in [0.25, 0.3) is 0 Å². The van der Waals surface area contributed by atoms with Gasteiger partial charge < -0.3 is 5.73 Å². The maximum absolute atomic E-state index is 9.08. The number of benzene rings is 1. The van der Waals surface area contributed by atoms with Crippen LogP contribution in [0.5, 0.6) is 0 Å². The highest BCUT2D eigenvalue weighted by Crippen LogP contribution is 2.30. The Bertz CT molecular complexity index is 569. The zero-order valence-corrected chi connectivity index (χ0v) is 10.6. The van der Waals surface area contributed by atoms with Gasteiger partial charge >= 0.3 is 0 Å². The highest BCUT2D eigenvalue weighted by Gasteiger charge is 2.08. The van der Waals surface area contributed by atoms with Gasteiger partial charge in [0, 0.05) is 4.70 Å². The van der Waals surface area contributed by atoms with E-state index in [0.717, 1.165) is 17.7 Å². The van der Waals surface area contributed by atoms with Crippen LogP contribution in [0, 0.1) is 11.3 Å². The molecule has 2 aromatic rings. The van der Waals surface area contributed by atoms with E-state index in [0.29, 0.717) is 11.3 Å². The second kappa shape index (κ2) is 5.03. The molecule has 0 amide bonds. The number of hydrogen-bond acceptors (Lipinski definition) is 3. The molecule has 0 saturated heterocycles. The van der Waals surface area contributed by atoms with Crippen molar-refractivity contribution in [2.24, 2.45) is 5.73 Å². The average Bonchev–Trinajstić information content (AvgIpc) is 2.78. The molecular weight excluding hydrogens is 228 g/mol. The molecule has 0 aliphatic rings. The minimum Gasteiger partial charge on any atom is -0.397 e. The second-order valence-corrected chi connectivity index (χ2v) is 4.99. The topological polar surface area (TPSA) is 49.8 Å². The van der Waals surface area contributed by atoms with Crippen LogP contribution in [0.25, 0.3) is 15.8 Å². The molecule has 86 valence electrons. The number of nitrogens with two attached hydrogens (primary N) is 1. The maximum Gasteiger partial charge on any atom is 0.0969 e. The third-order valence-corrected chi connectivity index (χ3v) is 3.80. The number of hydrogen-bond donors (Lipinski definition) is 1. The van der Waals surface area contributed by atoms with Crippen LogP contribution in [0.3, 0.4) is 0 Å². The summed E-state index contributed by atoms with van der Waals surface area (Å²) in [5.41, 5.74) is 7.40. The molecule has 1 heterocycles. The van der Waals surface area contributed by atoms with Crippen LogP contribution in [0.2, 0.25) is 0 Å². The molecule has 0 aliphatic carbocycles.